The Morgan fingerprint density at radius 1 is 1.07 bits per heavy atom. The van der Waals surface area contributed by atoms with E-state index in [1.165, 1.54) is 10.4 Å². The van der Waals surface area contributed by atoms with Crippen molar-refractivity contribution in [2.75, 3.05) is 20.2 Å². The molecule has 156 valence electrons. The SMILES string of the molecule is COc1ccc([C@@H](C)NC(=O)c2ccc(C)c(S(=O)(=O)N3CCCCC3)c2)cc1. The molecule has 0 saturated carbocycles. The van der Waals surface area contributed by atoms with E-state index in [1.807, 2.05) is 31.2 Å². The topological polar surface area (TPSA) is 75.7 Å². The van der Waals surface area contributed by atoms with Gasteiger partial charge in [-0.05, 0) is 62.1 Å². The fourth-order valence-corrected chi connectivity index (χ4v) is 5.29. The second kappa shape index (κ2) is 8.97. The van der Waals surface area contributed by atoms with Crippen LogP contribution in [0.15, 0.2) is 47.4 Å². The van der Waals surface area contributed by atoms with Gasteiger partial charge in [0.25, 0.3) is 5.91 Å². The fraction of sp³-hybridized carbons (Fsp3) is 0.409. The van der Waals surface area contributed by atoms with Crippen molar-refractivity contribution in [3.05, 3.63) is 59.2 Å². The molecule has 7 heteroatoms. The van der Waals surface area contributed by atoms with Gasteiger partial charge in [0.2, 0.25) is 10.0 Å². The van der Waals surface area contributed by atoms with Crippen molar-refractivity contribution in [2.45, 2.75) is 44.0 Å². The first-order valence-electron chi connectivity index (χ1n) is 9.88. The van der Waals surface area contributed by atoms with Crippen molar-refractivity contribution >= 4 is 15.9 Å². The maximum atomic E-state index is 13.1. The van der Waals surface area contributed by atoms with E-state index in [9.17, 15) is 13.2 Å². The molecule has 3 rings (SSSR count). The third kappa shape index (κ3) is 4.79. The minimum absolute atomic E-state index is 0.212. The van der Waals surface area contributed by atoms with Gasteiger partial charge in [0.15, 0.2) is 0 Å². The molecule has 2 aromatic carbocycles. The first-order chi connectivity index (χ1) is 13.8. The molecule has 1 aliphatic heterocycles. The summed E-state index contributed by atoms with van der Waals surface area (Å²) in [5.74, 6) is 0.446. The molecule has 0 radical (unpaired) electrons. The molecule has 0 bridgehead atoms. The van der Waals surface area contributed by atoms with E-state index in [0.29, 0.717) is 24.2 Å². The smallest absolute Gasteiger partial charge is 0.251 e. The van der Waals surface area contributed by atoms with Gasteiger partial charge in [0.1, 0.15) is 5.75 Å². The van der Waals surface area contributed by atoms with Gasteiger partial charge in [-0.3, -0.25) is 4.79 Å². The molecule has 1 N–H and O–H groups in total. The lowest BCUT2D eigenvalue weighted by molar-refractivity contribution is 0.0939. The average molecular weight is 417 g/mol. The molecule has 0 aromatic heterocycles. The third-order valence-corrected chi connectivity index (χ3v) is 7.39. The Balaban J connectivity index is 1.79. The highest BCUT2D eigenvalue weighted by molar-refractivity contribution is 7.89. The van der Waals surface area contributed by atoms with Crippen LogP contribution in [0.1, 0.15) is 53.7 Å². The molecule has 1 saturated heterocycles. The summed E-state index contributed by atoms with van der Waals surface area (Å²) in [5, 5.41) is 2.94. The van der Waals surface area contributed by atoms with Gasteiger partial charge in [-0.1, -0.05) is 24.6 Å². The van der Waals surface area contributed by atoms with Gasteiger partial charge in [0.05, 0.1) is 18.0 Å². The van der Waals surface area contributed by atoms with Crippen LogP contribution in [0.3, 0.4) is 0 Å². The number of methoxy groups -OCH3 is 1. The molecule has 2 aromatic rings. The summed E-state index contributed by atoms with van der Waals surface area (Å²) < 4.78 is 32.8. The van der Waals surface area contributed by atoms with Gasteiger partial charge in [-0.2, -0.15) is 4.31 Å². The number of rotatable bonds is 6. The zero-order chi connectivity index (χ0) is 21.0. The number of piperidine rings is 1. The summed E-state index contributed by atoms with van der Waals surface area (Å²) in [7, 11) is -1.99. The highest BCUT2D eigenvalue weighted by Gasteiger charge is 2.28. The van der Waals surface area contributed by atoms with E-state index < -0.39 is 10.0 Å². The van der Waals surface area contributed by atoms with Crippen molar-refractivity contribution in [2.24, 2.45) is 0 Å². The maximum absolute atomic E-state index is 13.1. The Labute approximate surface area is 172 Å². The Hall–Kier alpha value is -2.38. The first kappa shape index (κ1) is 21.3. The number of amides is 1. The monoisotopic (exact) mass is 416 g/mol. The predicted octanol–water partition coefficient (Wildman–Crippen LogP) is 3.67. The maximum Gasteiger partial charge on any atom is 0.251 e. The van der Waals surface area contributed by atoms with Gasteiger partial charge >= 0.3 is 0 Å². The second-order valence-corrected chi connectivity index (χ2v) is 9.32. The van der Waals surface area contributed by atoms with E-state index in [4.69, 9.17) is 4.74 Å². The third-order valence-electron chi connectivity index (χ3n) is 5.35. The van der Waals surface area contributed by atoms with E-state index >= 15 is 0 Å². The Bertz CT molecular complexity index is 965. The second-order valence-electron chi connectivity index (χ2n) is 7.41. The summed E-state index contributed by atoms with van der Waals surface area (Å²) in [6.07, 6.45) is 2.80. The minimum Gasteiger partial charge on any atom is -0.497 e. The Kier molecular flexibility index (Phi) is 6.59. The molecule has 0 aliphatic carbocycles. The van der Waals surface area contributed by atoms with Crippen LogP contribution in [0.2, 0.25) is 0 Å². The van der Waals surface area contributed by atoms with Crippen molar-refractivity contribution in [1.29, 1.82) is 0 Å². The van der Waals surface area contributed by atoms with Gasteiger partial charge < -0.3 is 10.1 Å². The van der Waals surface area contributed by atoms with Gasteiger partial charge in [-0.25, -0.2) is 8.42 Å². The van der Waals surface area contributed by atoms with Crippen LogP contribution in [-0.4, -0.2) is 38.8 Å². The standard InChI is InChI=1S/C22H28N2O4S/c1-16-7-8-19(15-21(16)29(26,27)24-13-5-4-6-14-24)22(25)23-17(2)18-9-11-20(28-3)12-10-18/h7-12,15,17H,4-6,13-14H2,1-3H3,(H,23,25)/t17-/m1/s1. The largest absolute Gasteiger partial charge is 0.497 e. The molecular formula is C22H28N2O4S. The van der Waals surface area contributed by atoms with Crippen molar-refractivity contribution in [1.82, 2.24) is 9.62 Å². The number of aryl methyl sites for hydroxylation is 1. The van der Waals surface area contributed by atoms with Gasteiger partial charge in [-0.15, -0.1) is 0 Å². The van der Waals surface area contributed by atoms with Crippen molar-refractivity contribution in [3.63, 3.8) is 0 Å². The summed E-state index contributed by atoms with van der Waals surface area (Å²) in [4.78, 5) is 13.0. The fourth-order valence-electron chi connectivity index (χ4n) is 3.52. The zero-order valence-corrected chi connectivity index (χ0v) is 18.0. The van der Waals surface area contributed by atoms with Crippen LogP contribution in [0.4, 0.5) is 0 Å². The van der Waals surface area contributed by atoms with E-state index in [1.54, 1.807) is 26.2 Å². The van der Waals surface area contributed by atoms with Crippen LogP contribution in [0, 0.1) is 6.92 Å². The lowest BCUT2D eigenvalue weighted by Gasteiger charge is -2.26. The lowest BCUT2D eigenvalue weighted by Crippen LogP contribution is -2.36. The van der Waals surface area contributed by atoms with Gasteiger partial charge in [0, 0.05) is 18.7 Å². The number of ether oxygens (including phenoxy) is 1. The Morgan fingerprint density at radius 3 is 2.34 bits per heavy atom. The molecule has 6 nitrogen and oxygen atoms in total. The quantitative estimate of drug-likeness (QED) is 0.780. The normalized spacial score (nSPS) is 16.2. The summed E-state index contributed by atoms with van der Waals surface area (Å²) >= 11 is 0. The van der Waals surface area contributed by atoms with E-state index in [0.717, 1.165) is 30.6 Å². The number of hydrogen-bond donors (Lipinski definition) is 1. The molecule has 1 atom stereocenters. The van der Waals surface area contributed by atoms with Crippen LogP contribution < -0.4 is 10.1 Å². The lowest BCUT2D eigenvalue weighted by atomic mass is 10.1. The number of hydrogen-bond acceptors (Lipinski definition) is 4. The van der Waals surface area contributed by atoms with Crippen molar-refractivity contribution in [3.8, 4) is 5.75 Å². The molecule has 1 fully saturated rings. The summed E-state index contributed by atoms with van der Waals surface area (Å²) in [5.41, 5.74) is 1.93. The molecule has 0 spiro atoms. The number of carbonyl (C=O) groups is 1. The number of nitrogens with one attached hydrogen (secondary N) is 1. The summed E-state index contributed by atoms with van der Waals surface area (Å²) in [6.45, 7) is 4.72. The molecular weight excluding hydrogens is 388 g/mol. The zero-order valence-electron chi connectivity index (χ0n) is 17.1. The highest BCUT2D eigenvalue weighted by atomic mass is 32.2. The minimum atomic E-state index is -3.60. The molecule has 29 heavy (non-hydrogen) atoms. The molecule has 1 heterocycles. The van der Waals surface area contributed by atoms with E-state index in [2.05, 4.69) is 5.32 Å². The first-order valence-corrected chi connectivity index (χ1v) is 11.3. The van der Waals surface area contributed by atoms with Crippen LogP contribution in [0.5, 0.6) is 5.75 Å². The van der Waals surface area contributed by atoms with Crippen LogP contribution >= 0.6 is 0 Å². The number of nitrogens with zero attached hydrogens (tertiary/aromatic N) is 1. The molecule has 1 amide bonds. The molecule has 0 unspecified atom stereocenters. The number of sulfonamides is 1. The predicted molar refractivity (Wildman–Crippen MR) is 113 cm³/mol. The van der Waals surface area contributed by atoms with E-state index in [-0.39, 0.29) is 16.8 Å². The van der Waals surface area contributed by atoms with Crippen molar-refractivity contribution < 1.29 is 17.9 Å². The highest BCUT2D eigenvalue weighted by Crippen LogP contribution is 2.25. The van der Waals surface area contributed by atoms with Crippen LogP contribution in [0.25, 0.3) is 0 Å². The number of benzene rings is 2. The summed E-state index contributed by atoms with van der Waals surface area (Å²) in [6, 6.07) is 12.1. The average Bonchev–Trinajstić information content (AvgIpc) is 2.74. The number of carbonyl (C=O) groups excluding carboxylic acids is 1. The van der Waals surface area contributed by atoms with Crippen LogP contribution in [-0.2, 0) is 10.0 Å². The molecule has 1 aliphatic rings. The Morgan fingerprint density at radius 2 is 1.72 bits per heavy atom.